The van der Waals surface area contributed by atoms with Gasteiger partial charge in [-0.1, -0.05) is 23.7 Å². The molecule has 0 atom stereocenters. The van der Waals surface area contributed by atoms with E-state index in [1.807, 2.05) is 0 Å². The van der Waals surface area contributed by atoms with E-state index in [0.29, 0.717) is 0 Å². The number of nitro groups is 1. The van der Waals surface area contributed by atoms with Crippen molar-refractivity contribution in [3.63, 3.8) is 0 Å². The first-order valence-corrected chi connectivity index (χ1v) is 6.38. The number of hydrogen-bond donors (Lipinski definition) is 1. The van der Waals surface area contributed by atoms with Crippen molar-refractivity contribution >= 4 is 29.4 Å². The van der Waals surface area contributed by atoms with Crippen LogP contribution in [0.3, 0.4) is 0 Å². The van der Waals surface area contributed by atoms with Crippen molar-refractivity contribution in [1.82, 2.24) is 5.43 Å². The maximum atomic E-state index is 13.5. The van der Waals surface area contributed by atoms with Crippen LogP contribution in [-0.4, -0.2) is 17.0 Å². The molecule has 112 valence electrons. The lowest BCUT2D eigenvalue weighted by molar-refractivity contribution is -0.384. The Hall–Kier alpha value is -2.80. The second kappa shape index (κ2) is 6.77. The molecule has 1 N–H and O–H groups in total. The molecule has 0 aromatic heterocycles. The maximum Gasteiger partial charge on any atom is 0.271 e. The Kier molecular flexibility index (Phi) is 4.80. The highest BCUT2D eigenvalue weighted by Crippen LogP contribution is 2.16. The average molecular weight is 322 g/mol. The summed E-state index contributed by atoms with van der Waals surface area (Å²) >= 11 is 5.80. The summed E-state index contributed by atoms with van der Waals surface area (Å²) in [6.07, 6.45) is 1.06. The number of carbonyl (C=O) groups excluding carboxylic acids is 1. The Morgan fingerprint density at radius 3 is 2.73 bits per heavy atom. The molecule has 1 amide bonds. The molecule has 0 aliphatic heterocycles. The Labute approximate surface area is 129 Å². The smallest absolute Gasteiger partial charge is 0.267 e. The molecule has 8 heteroatoms. The number of carbonyl (C=O) groups is 1. The first-order chi connectivity index (χ1) is 10.5. The summed E-state index contributed by atoms with van der Waals surface area (Å²) in [6.45, 7) is 0. The van der Waals surface area contributed by atoms with Crippen LogP contribution in [-0.2, 0) is 0 Å². The summed E-state index contributed by atoms with van der Waals surface area (Å²) in [6, 6.07) is 9.28. The zero-order chi connectivity index (χ0) is 16.1. The van der Waals surface area contributed by atoms with Gasteiger partial charge in [-0.3, -0.25) is 14.9 Å². The van der Waals surface area contributed by atoms with Crippen molar-refractivity contribution in [2.45, 2.75) is 0 Å². The number of benzene rings is 2. The lowest BCUT2D eigenvalue weighted by Gasteiger charge is -2.01. The van der Waals surface area contributed by atoms with Crippen LogP contribution < -0.4 is 5.43 Å². The van der Waals surface area contributed by atoms with E-state index in [4.69, 9.17) is 11.6 Å². The van der Waals surface area contributed by atoms with E-state index in [9.17, 15) is 19.3 Å². The van der Waals surface area contributed by atoms with Gasteiger partial charge in [-0.15, -0.1) is 0 Å². The van der Waals surface area contributed by atoms with Crippen LogP contribution in [0, 0.1) is 15.9 Å². The van der Waals surface area contributed by atoms with E-state index < -0.39 is 16.6 Å². The number of non-ortho nitro benzene ring substituents is 1. The van der Waals surface area contributed by atoms with E-state index in [2.05, 4.69) is 10.5 Å². The van der Waals surface area contributed by atoms with Crippen LogP contribution in [0.15, 0.2) is 47.6 Å². The van der Waals surface area contributed by atoms with Gasteiger partial charge < -0.3 is 0 Å². The normalized spacial score (nSPS) is 10.6. The van der Waals surface area contributed by atoms with Crippen LogP contribution in [0.2, 0.25) is 5.02 Å². The molecule has 0 fully saturated rings. The summed E-state index contributed by atoms with van der Waals surface area (Å²) in [4.78, 5) is 21.8. The summed E-state index contributed by atoms with van der Waals surface area (Å²) < 4.78 is 13.5. The molecule has 2 aromatic carbocycles. The topological polar surface area (TPSA) is 84.6 Å². The number of nitrogens with one attached hydrogen (secondary N) is 1. The molecule has 2 aromatic rings. The molecule has 0 saturated carbocycles. The van der Waals surface area contributed by atoms with Crippen molar-refractivity contribution in [1.29, 1.82) is 0 Å². The SMILES string of the molecule is O=C(N/N=C/c1c(F)cccc1Cl)c1cccc([N+](=O)[O-])c1. The highest BCUT2D eigenvalue weighted by molar-refractivity contribution is 6.33. The van der Waals surface area contributed by atoms with Gasteiger partial charge in [0.25, 0.3) is 11.6 Å². The molecule has 0 radical (unpaired) electrons. The first kappa shape index (κ1) is 15.6. The molecule has 0 bridgehead atoms. The third-order valence-corrected chi connectivity index (χ3v) is 3.01. The van der Waals surface area contributed by atoms with Crippen molar-refractivity contribution in [2.75, 3.05) is 0 Å². The molecule has 0 heterocycles. The van der Waals surface area contributed by atoms with Gasteiger partial charge in [0.05, 0.1) is 16.2 Å². The van der Waals surface area contributed by atoms with E-state index in [1.54, 1.807) is 0 Å². The first-order valence-electron chi connectivity index (χ1n) is 6.01. The zero-order valence-corrected chi connectivity index (χ0v) is 11.7. The molecule has 22 heavy (non-hydrogen) atoms. The van der Waals surface area contributed by atoms with Gasteiger partial charge in [-0.05, 0) is 18.2 Å². The van der Waals surface area contributed by atoms with E-state index in [0.717, 1.165) is 12.3 Å². The molecule has 0 saturated heterocycles. The highest BCUT2D eigenvalue weighted by Gasteiger charge is 2.11. The maximum absolute atomic E-state index is 13.5. The number of hydrazone groups is 1. The lowest BCUT2D eigenvalue weighted by Crippen LogP contribution is -2.17. The Balaban J connectivity index is 2.11. The van der Waals surface area contributed by atoms with Gasteiger partial charge in [-0.2, -0.15) is 5.10 Å². The third-order valence-electron chi connectivity index (χ3n) is 2.68. The lowest BCUT2D eigenvalue weighted by atomic mass is 10.2. The van der Waals surface area contributed by atoms with Crippen LogP contribution in [0.25, 0.3) is 0 Å². The molecule has 2 rings (SSSR count). The number of halogens is 2. The minimum Gasteiger partial charge on any atom is -0.267 e. The van der Waals surface area contributed by atoms with E-state index in [-0.39, 0.29) is 21.8 Å². The van der Waals surface area contributed by atoms with Gasteiger partial charge in [0.15, 0.2) is 0 Å². The molecule has 0 spiro atoms. The van der Waals surface area contributed by atoms with Gasteiger partial charge >= 0.3 is 0 Å². The Morgan fingerprint density at radius 2 is 2.05 bits per heavy atom. The number of hydrogen-bond acceptors (Lipinski definition) is 4. The molecule has 6 nitrogen and oxygen atoms in total. The fourth-order valence-corrected chi connectivity index (χ4v) is 1.83. The molecular formula is C14H9ClFN3O3. The van der Waals surface area contributed by atoms with Crippen LogP contribution in [0.5, 0.6) is 0 Å². The van der Waals surface area contributed by atoms with Gasteiger partial charge in [-0.25, -0.2) is 9.82 Å². The van der Waals surface area contributed by atoms with Crippen LogP contribution >= 0.6 is 11.6 Å². The second-order valence-electron chi connectivity index (χ2n) is 4.14. The standard InChI is InChI=1S/C14H9ClFN3O3/c15-12-5-2-6-13(16)11(12)8-17-18-14(20)9-3-1-4-10(7-9)19(21)22/h1-8H,(H,18,20)/b17-8+. The van der Waals surface area contributed by atoms with Gasteiger partial charge in [0.2, 0.25) is 0 Å². The quantitative estimate of drug-likeness (QED) is 0.533. The fraction of sp³-hybridized carbons (Fsp3) is 0. The number of amides is 1. The monoisotopic (exact) mass is 321 g/mol. The van der Waals surface area contributed by atoms with E-state index in [1.165, 1.54) is 36.4 Å². The minimum atomic E-state index is -0.660. The third kappa shape index (κ3) is 3.64. The van der Waals surface area contributed by atoms with Gasteiger partial charge in [0.1, 0.15) is 5.82 Å². The second-order valence-corrected chi connectivity index (χ2v) is 4.55. The predicted octanol–water partition coefficient (Wildman–Crippen LogP) is 3.15. The van der Waals surface area contributed by atoms with E-state index >= 15 is 0 Å². The van der Waals surface area contributed by atoms with Crippen molar-refractivity contribution in [3.8, 4) is 0 Å². The van der Waals surface area contributed by atoms with Crippen LogP contribution in [0.4, 0.5) is 10.1 Å². The molecule has 0 unspecified atom stereocenters. The number of rotatable bonds is 4. The van der Waals surface area contributed by atoms with Crippen molar-refractivity contribution < 1.29 is 14.1 Å². The minimum absolute atomic E-state index is 0.0310. The fourth-order valence-electron chi connectivity index (χ4n) is 1.61. The Morgan fingerprint density at radius 1 is 1.32 bits per heavy atom. The van der Waals surface area contributed by atoms with Crippen molar-refractivity contribution in [2.24, 2.45) is 5.10 Å². The highest BCUT2D eigenvalue weighted by atomic mass is 35.5. The molecule has 0 aliphatic rings. The van der Waals surface area contributed by atoms with Crippen molar-refractivity contribution in [3.05, 3.63) is 74.5 Å². The zero-order valence-electron chi connectivity index (χ0n) is 11.0. The summed E-state index contributed by atoms with van der Waals surface area (Å²) in [5.41, 5.74) is 2.03. The molecule has 0 aliphatic carbocycles. The summed E-state index contributed by atoms with van der Waals surface area (Å²) in [5.74, 6) is -1.24. The molecular weight excluding hydrogens is 313 g/mol. The predicted molar refractivity (Wildman–Crippen MR) is 79.6 cm³/mol. The largest absolute Gasteiger partial charge is 0.271 e. The average Bonchev–Trinajstić information content (AvgIpc) is 2.50. The van der Waals surface area contributed by atoms with Crippen LogP contribution in [0.1, 0.15) is 15.9 Å². The number of nitro benzene ring substituents is 1. The Bertz CT molecular complexity index is 744. The van der Waals surface area contributed by atoms with Gasteiger partial charge in [0, 0.05) is 23.3 Å². The number of nitrogens with zero attached hydrogens (tertiary/aromatic N) is 2. The summed E-state index contributed by atoms with van der Waals surface area (Å²) in [7, 11) is 0. The summed E-state index contributed by atoms with van der Waals surface area (Å²) in [5, 5.41) is 14.4.